The second-order valence-corrected chi connectivity index (χ2v) is 3.89. The van der Waals surface area contributed by atoms with Crippen LogP contribution in [0.5, 0.6) is 0 Å². The van der Waals surface area contributed by atoms with Crippen molar-refractivity contribution in [2.75, 3.05) is 0 Å². The zero-order chi connectivity index (χ0) is 8.32. The van der Waals surface area contributed by atoms with Gasteiger partial charge in [-0.3, -0.25) is 0 Å². The molecule has 0 aromatic carbocycles. The summed E-state index contributed by atoms with van der Waals surface area (Å²) in [4.78, 5) is 0. The molecule has 1 aliphatic rings. The van der Waals surface area contributed by atoms with E-state index >= 15 is 0 Å². The van der Waals surface area contributed by atoms with E-state index in [4.69, 9.17) is 5.73 Å². The molecule has 62 valence electrons. The monoisotopic (exact) mass is 151 g/mol. The topological polar surface area (TPSA) is 26.0 Å². The molecule has 1 heteroatoms. The Hall–Kier alpha value is -0.560. The summed E-state index contributed by atoms with van der Waals surface area (Å²) in [7, 11) is 0. The Balaban J connectivity index is 2.67. The molecular formula is C10H17N. The molecule has 1 nitrogen and oxygen atoms in total. The highest BCUT2D eigenvalue weighted by atomic mass is 14.6. The van der Waals surface area contributed by atoms with Crippen molar-refractivity contribution in [3.8, 4) is 0 Å². The van der Waals surface area contributed by atoms with Gasteiger partial charge in [-0.1, -0.05) is 38.2 Å². The minimum absolute atomic E-state index is 0.120. The summed E-state index contributed by atoms with van der Waals surface area (Å²) in [5, 5.41) is 0. The first-order valence-electron chi connectivity index (χ1n) is 4.22. The highest BCUT2D eigenvalue weighted by molar-refractivity contribution is 5.10. The van der Waals surface area contributed by atoms with Gasteiger partial charge >= 0.3 is 0 Å². The van der Waals surface area contributed by atoms with Gasteiger partial charge in [0.25, 0.3) is 0 Å². The van der Waals surface area contributed by atoms with Crippen molar-refractivity contribution in [1.82, 2.24) is 0 Å². The molecule has 0 radical (unpaired) electrons. The van der Waals surface area contributed by atoms with Gasteiger partial charge < -0.3 is 5.73 Å². The van der Waals surface area contributed by atoms with E-state index in [2.05, 4.69) is 38.2 Å². The van der Waals surface area contributed by atoms with Gasteiger partial charge in [-0.15, -0.1) is 0 Å². The lowest BCUT2D eigenvalue weighted by Crippen LogP contribution is -2.17. The lowest BCUT2D eigenvalue weighted by Gasteiger charge is -2.21. The van der Waals surface area contributed by atoms with Gasteiger partial charge in [-0.25, -0.2) is 0 Å². The Bertz CT molecular complexity index is 177. The molecule has 0 saturated heterocycles. The maximum absolute atomic E-state index is 5.75. The molecule has 1 atom stereocenters. The third kappa shape index (κ3) is 2.89. The van der Waals surface area contributed by atoms with E-state index in [1.807, 2.05) is 0 Å². The Morgan fingerprint density at radius 2 is 2.09 bits per heavy atom. The summed E-state index contributed by atoms with van der Waals surface area (Å²) < 4.78 is 0. The van der Waals surface area contributed by atoms with Crippen LogP contribution in [-0.4, -0.2) is 6.04 Å². The van der Waals surface area contributed by atoms with Crippen molar-refractivity contribution in [3.05, 3.63) is 24.3 Å². The van der Waals surface area contributed by atoms with E-state index in [0.29, 0.717) is 5.41 Å². The highest BCUT2D eigenvalue weighted by Crippen LogP contribution is 2.25. The van der Waals surface area contributed by atoms with E-state index in [-0.39, 0.29) is 6.04 Å². The fourth-order valence-electron chi connectivity index (χ4n) is 1.23. The molecule has 1 unspecified atom stereocenters. The largest absolute Gasteiger partial charge is 0.321 e. The van der Waals surface area contributed by atoms with Crippen molar-refractivity contribution in [2.24, 2.45) is 11.1 Å². The zero-order valence-electron chi connectivity index (χ0n) is 7.38. The molecule has 11 heavy (non-hydrogen) atoms. The Labute approximate surface area is 69.0 Å². The smallest absolute Gasteiger partial charge is 0.0410 e. The summed E-state index contributed by atoms with van der Waals surface area (Å²) >= 11 is 0. The molecule has 0 aromatic heterocycles. The van der Waals surface area contributed by atoms with Gasteiger partial charge in [0.05, 0.1) is 0 Å². The number of allylic oxidation sites excluding steroid dienone is 2. The second kappa shape index (κ2) is 3.22. The van der Waals surface area contributed by atoms with Crippen molar-refractivity contribution in [2.45, 2.75) is 32.7 Å². The average molecular weight is 151 g/mol. The van der Waals surface area contributed by atoms with Crippen LogP contribution in [-0.2, 0) is 0 Å². The standard InChI is InChI=1S/C10H17N/c1-10(2)7-4-3-5-9(11)6-8-10/h3,5-6,8-9H,4,7,11H2,1-2H3. The van der Waals surface area contributed by atoms with Crippen molar-refractivity contribution in [1.29, 1.82) is 0 Å². The molecule has 0 saturated carbocycles. The normalized spacial score (nSPS) is 29.5. The van der Waals surface area contributed by atoms with Gasteiger partial charge in [-0.2, -0.15) is 0 Å². The SMILES string of the molecule is CC1(C)C=CC(N)C=CCC1. The average Bonchev–Trinajstić information content (AvgIpc) is 1.92. The Kier molecular flexibility index (Phi) is 2.50. The van der Waals surface area contributed by atoms with Crippen LogP contribution in [0.25, 0.3) is 0 Å². The van der Waals surface area contributed by atoms with Crippen LogP contribution in [0.15, 0.2) is 24.3 Å². The van der Waals surface area contributed by atoms with Gasteiger partial charge in [0.1, 0.15) is 0 Å². The second-order valence-electron chi connectivity index (χ2n) is 3.89. The summed E-state index contributed by atoms with van der Waals surface area (Å²) in [5.74, 6) is 0. The predicted octanol–water partition coefficient (Wildman–Crippen LogP) is 2.25. The summed E-state index contributed by atoms with van der Waals surface area (Å²) in [6, 6.07) is 0.120. The Morgan fingerprint density at radius 1 is 1.36 bits per heavy atom. The molecule has 1 rings (SSSR count). The van der Waals surface area contributed by atoms with Crippen LogP contribution < -0.4 is 5.73 Å². The lowest BCUT2D eigenvalue weighted by molar-refractivity contribution is 0.438. The molecule has 1 aliphatic carbocycles. The summed E-state index contributed by atoms with van der Waals surface area (Å²) in [6.07, 6.45) is 10.9. The van der Waals surface area contributed by atoms with Gasteiger partial charge in [0.2, 0.25) is 0 Å². The zero-order valence-corrected chi connectivity index (χ0v) is 7.38. The first-order valence-corrected chi connectivity index (χ1v) is 4.22. The van der Waals surface area contributed by atoms with Gasteiger partial charge in [0, 0.05) is 6.04 Å². The molecule has 0 amide bonds. The van der Waals surface area contributed by atoms with Gasteiger partial charge in [0.15, 0.2) is 0 Å². The van der Waals surface area contributed by atoms with E-state index in [0.717, 1.165) is 6.42 Å². The molecule has 0 spiro atoms. The van der Waals surface area contributed by atoms with Crippen LogP contribution in [0.3, 0.4) is 0 Å². The fraction of sp³-hybridized carbons (Fsp3) is 0.600. The van der Waals surface area contributed by atoms with Crippen molar-refractivity contribution < 1.29 is 0 Å². The van der Waals surface area contributed by atoms with E-state index in [1.54, 1.807) is 0 Å². The molecule has 0 aromatic rings. The van der Waals surface area contributed by atoms with Crippen molar-refractivity contribution in [3.63, 3.8) is 0 Å². The first-order chi connectivity index (χ1) is 5.10. The lowest BCUT2D eigenvalue weighted by atomic mass is 9.85. The molecule has 0 bridgehead atoms. The maximum atomic E-state index is 5.75. The molecular weight excluding hydrogens is 134 g/mol. The number of hydrogen-bond acceptors (Lipinski definition) is 1. The fourth-order valence-corrected chi connectivity index (χ4v) is 1.23. The minimum atomic E-state index is 0.120. The molecule has 0 aliphatic heterocycles. The van der Waals surface area contributed by atoms with Crippen LogP contribution >= 0.6 is 0 Å². The third-order valence-electron chi connectivity index (χ3n) is 2.08. The predicted molar refractivity (Wildman–Crippen MR) is 49.3 cm³/mol. The summed E-state index contributed by atoms with van der Waals surface area (Å²) in [6.45, 7) is 4.49. The van der Waals surface area contributed by atoms with Crippen LogP contribution in [0.4, 0.5) is 0 Å². The molecule has 2 N–H and O–H groups in total. The van der Waals surface area contributed by atoms with Crippen LogP contribution in [0.2, 0.25) is 0 Å². The summed E-state index contributed by atoms with van der Waals surface area (Å²) in [5.41, 5.74) is 6.07. The highest BCUT2D eigenvalue weighted by Gasteiger charge is 2.13. The van der Waals surface area contributed by atoms with Crippen LogP contribution in [0.1, 0.15) is 26.7 Å². The minimum Gasteiger partial charge on any atom is -0.321 e. The van der Waals surface area contributed by atoms with Gasteiger partial charge in [-0.05, 0) is 18.3 Å². The number of nitrogens with two attached hydrogens (primary N) is 1. The number of hydrogen-bond donors (Lipinski definition) is 1. The maximum Gasteiger partial charge on any atom is 0.0410 e. The third-order valence-corrected chi connectivity index (χ3v) is 2.08. The van der Waals surface area contributed by atoms with E-state index < -0.39 is 0 Å². The number of rotatable bonds is 0. The van der Waals surface area contributed by atoms with E-state index in [1.165, 1.54) is 6.42 Å². The quantitative estimate of drug-likeness (QED) is 0.528. The first kappa shape index (κ1) is 8.54. The van der Waals surface area contributed by atoms with Crippen molar-refractivity contribution >= 4 is 0 Å². The molecule has 0 fully saturated rings. The Morgan fingerprint density at radius 3 is 2.82 bits per heavy atom. The molecule has 0 heterocycles. The van der Waals surface area contributed by atoms with E-state index in [9.17, 15) is 0 Å². The van der Waals surface area contributed by atoms with Crippen LogP contribution in [0, 0.1) is 5.41 Å².